The van der Waals surface area contributed by atoms with E-state index in [0.717, 1.165) is 29.3 Å². The zero-order chi connectivity index (χ0) is 15.1. The third-order valence-corrected chi connectivity index (χ3v) is 3.59. The quantitative estimate of drug-likeness (QED) is 0.772. The third-order valence-electron chi connectivity index (χ3n) is 3.34. The highest BCUT2D eigenvalue weighted by Crippen LogP contribution is 2.17. The number of hydrogen-bond acceptors (Lipinski definition) is 3. The smallest absolute Gasteiger partial charge is 0.118 e. The van der Waals surface area contributed by atoms with Crippen molar-refractivity contribution in [2.45, 2.75) is 12.5 Å². The van der Waals surface area contributed by atoms with Gasteiger partial charge >= 0.3 is 0 Å². The van der Waals surface area contributed by atoms with Crippen molar-refractivity contribution in [1.29, 1.82) is 0 Å². The minimum atomic E-state index is -0.513. The summed E-state index contributed by atoms with van der Waals surface area (Å²) < 4.78 is 5.10. The van der Waals surface area contributed by atoms with Crippen molar-refractivity contribution in [1.82, 2.24) is 5.32 Å². The lowest BCUT2D eigenvalue weighted by atomic mass is 10.1. The van der Waals surface area contributed by atoms with Crippen molar-refractivity contribution in [2.24, 2.45) is 0 Å². The summed E-state index contributed by atoms with van der Waals surface area (Å²) in [6, 6.07) is 15.3. The van der Waals surface area contributed by atoms with Gasteiger partial charge in [0, 0.05) is 11.6 Å². The lowest BCUT2D eigenvalue weighted by molar-refractivity contribution is 0.175. The van der Waals surface area contributed by atoms with Gasteiger partial charge in [-0.1, -0.05) is 35.9 Å². The van der Waals surface area contributed by atoms with Gasteiger partial charge in [-0.25, -0.2) is 0 Å². The molecular formula is C17H20ClNO2. The number of benzene rings is 2. The molecule has 0 aliphatic carbocycles. The molecule has 2 aromatic rings. The second-order valence-electron chi connectivity index (χ2n) is 4.87. The first kappa shape index (κ1) is 15.8. The molecule has 0 aliphatic rings. The van der Waals surface area contributed by atoms with Gasteiger partial charge in [-0.15, -0.1) is 0 Å². The topological polar surface area (TPSA) is 41.5 Å². The van der Waals surface area contributed by atoms with Crippen LogP contribution in [0.15, 0.2) is 48.5 Å². The van der Waals surface area contributed by atoms with Crippen LogP contribution in [0.5, 0.6) is 5.75 Å². The number of nitrogens with one attached hydrogen (secondary N) is 1. The maximum atomic E-state index is 10.1. The zero-order valence-electron chi connectivity index (χ0n) is 12.1. The van der Waals surface area contributed by atoms with E-state index in [0.29, 0.717) is 6.54 Å². The Bertz CT molecular complexity index is 540. The van der Waals surface area contributed by atoms with Crippen molar-refractivity contribution in [3.8, 4) is 5.75 Å². The van der Waals surface area contributed by atoms with Gasteiger partial charge < -0.3 is 15.2 Å². The Labute approximate surface area is 130 Å². The summed E-state index contributed by atoms with van der Waals surface area (Å²) in [5.74, 6) is 0.793. The van der Waals surface area contributed by atoms with E-state index < -0.39 is 6.10 Å². The molecule has 0 heterocycles. The number of methoxy groups -OCH3 is 1. The van der Waals surface area contributed by atoms with Crippen LogP contribution >= 0.6 is 11.6 Å². The van der Waals surface area contributed by atoms with Gasteiger partial charge in [-0.05, 0) is 48.4 Å². The van der Waals surface area contributed by atoms with Gasteiger partial charge in [0.25, 0.3) is 0 Å². The molecule has 2 aromatic carbocycles. The second-order valence-corrected chi connectivity index (χ2v) is 5.31. The minimum Gasteiger partial charge on any atom is -0.497 e. The number of aliphatic hydroxyl groups is 1. The van der Waals surface area contributed by atoms with Gasteiger partial charge in [0.1, 0.15) is 5.75 Å². The van der Waals surface area contributed by atoms with Gasteiger partial charge in [0.2, 0.25) is 0 Å². The molecule has 0 fully saturated rings. The van der Waals surface area contributed by atoms with Crippen LogP contribution in [0.3, 0.4) is 0 Å². The number of ether oxygens (including phenoxy) is 1. The fraction of sp³-hybridized carbons (Fsp3) is 0.294. The summed E-state index contributed by atoms with van der Waals surface area (Å²) in [6.07, 6.45) is 0.396. The Balaban J connectivity index is 1.73. The van der Waals surface area contributed by atoms with Crippen molar-refractivity contribution in [2.75, 3.05) is 20.2 Å². The summed E-state index contributed by atoms with van der Waals surface area (Å²) in [7, 11) is 1.63. The molecule has 0 spiro atoms. The molecule has 3 nitrogen and oxygen atoms in total. The minimum absolute atomic E-state index is 0.513. The summed E-state index contributed by atoms with van der Waals surface area (Å²) in [6.45, 7) is 1.34. The number of hydrogen-bond donors (Lipinski definition) is 2. The van der Waals surface area contributed by atoms with Gasteiger partial charge in [-0.3, -0.25) is 0 Å². The molecule has 1 atom stereocenters. The molecule has 0 saturated carbocycles. The lowest BCUT2D eigenvalue weighted by Crippen LogP contribution is -2.23. The summed E-state index contributed by atoms with van der Waals surface area (Å²) in [5, 5.41) is 14.1. The highest BCUT2D eigenvalue weighted by molar-refractivity contribution is 6.30. The summed E-state index contributed by atoms with van der Waals surface area (Å²) in [4.78, 5) is 0. The average Bonchev–Trinajstić information content (AvgIpc) is 2.53. The van der Waals surface area contributed by atoms with E-state index in [9.17, 15) is 5.11 Å². The molecule has 0 aliphatic heterocycles. The SMILES string of the molecule is COc1ccc(C(O)CNCCc2ccc(Cl)cc2)cc1. The third kappa shape index (κ3) is 5.05. The van der Waals surface area contributed by atoms with E-state index in [2.05, 4.69) is 5.32 Å². The maximum absolute atomic E-state index is 10.1. The van der Waals surface area contributed by atoms with E-state index in [1.807, 2.05) is 48.5 Å². The largest absolute Gasteiger partial charge is 0.497 e. The predicted molar refractivity (Wildman–Crippen MR) is 86.0 cm³/mol. The zero-order valence-corrected chi connectivity index (χ0v) is 12.8. The summed E-state index contributed by atoms with van der Waals surface area (Å²) in [5.41, 5.74) is 2.11. The average molecular weight is 306 g/mol. The number of rotatable bonds is 7. The Hall–Kier alpha value is -1.55. The maximum Gasteiger partial charge on any atom is 0.118 e. The Morgan fingerprint density at radius 3 is 2.38 bits per heavy atom. The van der Waals surface area contributed by atoms with Crippen LogP contribution in [0.2, 0.25) is 5.02 Å². The Kier molecular flexibility index (Phi) is 6.05. The van der Waals surface area contributed by atoms with Crippen LogP contribution in [0.1, 0.15) is 17.2 Å². The first-order chi connectivity index (χ1) is 10.2. The van der Waals surface area contributed by atoms with E-state index >= 15 is 0 Å². The number of aliphatic hydroxyl groups excluding tert-OH is 1. The molecule has 0 amide bonds. The first-order valence-corrected chi connectivity index (χ1v) is 7.34. The lowest BCUT2D eigenvalue weighted by Gasteiger charge is -2.13. The summed E-state index contributed by atoms with van der Waals surface area (Å²) >= 11 is 5.85. The van der Waals surface area contributed by atoms with Crippen molar-refractivity contribution >= 4 is 11.6 Å². The van der Waals surface area contributed by atoms with E-state index in [1.165, 1.54) is 5.56 Å². The van der Waals surface area contributed by atoms with Crippen LogP contribution < -0.4 is 10.1 Å². The standard InChI is InChI=1S/C17H20ClNO2/c1-21-16-8-4-14(5-9-16)17(20)12-19-11-10-13-2-6-15(18)7-3-13/h2-9,17,19-20H,10-12H2,1H3. The molecule has 0 radical (unpaired) electrons. The Morgan fingerprint density at radius 2 is 1.76 bits per heavy atom. The van der Waals surface area contributed by atoms with Crippen molar-refractivity contribution in [3.63, 3.8) is 0 Å². The van der Waals surface area contributed by atoms with Gasteiger partial charge in [0.15, 0.2) is 0 Å². The highest BCUT2D eigenvalue weighted by Gasteiger charge is 2.06. The van der Waals surface area contributed by atoms with Gasteiger partial charge in [-0.2, -0.15) is 0 Å². The fourth-order valence-electron chi connectivity index (χ4n) is 2.07. The molecule has 4 heteroatoms. The second kappa shape index (κ2) is 8.03. The Morgan fingerprint density at radius 1 is 1.10 bits per heavy atom. The monoisotopic (exact) mass is 305 g/mol. The molecule has 2 N–H and O–H groups in total. The van der Waals surface area contributed by atoms with E-state index in [1.54, 1.807) is 7.11 Å². The predicted octanol–water partition coefficient (Wildman–Crippen LogP) is 3.21. The van der Waals surface area contributed by atoms with Crippen LogP contribution in [-0.2, 0) is 6.42 Å². The van der Waals surface area contributed by atoms with Crippen LogP contribution in [0.25, 0.3) is 0 Å². The fourth-order valence-corrected chi connectivity index (χ4v) is 2.19. The van der Waals surface area contributed by atoms with Gasteiger partial charge in [0.05, 0.1) is 13.2 Å². The first-order valence-electron chi connectivity index (χ1n) is 6.96. The molecule has 0 saturated heterocycles. The van der Waals surface area contributed by atoms with E-state index in [-0.39, 0.29) is 0 Å². The molecule has 2 rings (SSSR count). The molecule has 0 bridgehead atoms. The van der Waals surface area contributed by atoms with Crippen LogP contribution in [0.4, 0.5) is 0 Å². The van der Waals surface area contributed by atoms with Crippen LogP contribution in [-0.4, -0.2) is 25.3 Å². The van der Waals surface area contributed by atoms with E-state index in [4.69, 9.17) is 16.3 Å². The normalized spacial score (nSPS) is 12.1. The molecular weight excluding hydrogens is 286 g/mol. The van der Waals surface area contributed by atoms with Crippen molar-refractivity contribution < 1.29 is 9.84 Å². The molecule has 1 unspecified atom stereocenters. The molecule has 0 aromatic heterocycles. The van der Waals surface area contributed by atoms with Crippen molar-refractivity contribution in [3.05, 3.63) is 64.7 Å². The number of halogens is 1. The molecule has 112 valence electrons. The highest BCUT2D eigenvalue weighted by atomic mass is 35.5. The molecule has 21 heavy (non-hydrogen) atoms. The van der Waals surface area contributed by atoms with Crippen LogP contribution in [0, 0.1) is 0 Å².